The number of guanidine groups is 1. The minimum absolute atomic E-state index is 0.321. The average Bonchev–Trinajstić information content (AvgIpc) is 3.13. The van der Waals surface area contributed by atoms with Crippen LogP contribution in [0.5, 0.6) is 0 Å². The molecule has 8 heteroatoms. The van der Waals surface area contributed by atoms with Gasteiger partial charge in [0.15, 0.2) is 11.8 Å². The summed E-state index contributed by atoms with van der Waals surface area (Å²) in [6.45, 7) is 0.933. The number of aliphatic imine (C=N–C) groups is 1. The van der Waals surface area contributed by atoms with Crippen molar-refractivity contribution in [1.82, 2.24) is 15.1 Å². The molecular formula is C18H20N6O2. The fraction of sp³-hybridized carbons (Fsp3) is 0.222. The summed E-state index contributed by atoms with van der Waals surface area (Å²) in [6.07, 6.45) is 2.19. The summed E-state index contributed by atoms with van der Waals surface area (Å²) in [5, 5.41) is 7.02. The Labute approximate surface area is 151 Å². The van der Waals surface area contributed by atoms with E-state index < -0.39 is 0 Å². The van der Waals surface area contributed by atoms with Crippen LogP contribution in [0.2, 0.25) is 0 Å². The highest BCUT2D eigenvalue weighted by atomic mass is 16.5. The highest BCUT2D eigenvalue weighted by Gasteiger charge is 2.09. The molecule has 1 aromatic carbocycles. The number of ether oxygens (including phenoxy) is 1. The van der Waals surface area contributed by atoms with Gasteiger partial charge in [-0.25, -0.2) is 0 Å². The van der Waals surface area contributed by atoms with Crippen molar-refractivity contribution in [3.63, 3.8) is 0 Å². The van der Waals surface area contributed by atoms with Crippen molar-refractivity contribution in [3.8, 4) is 11.6 Å². The standard InChI is InChI=1S/C18H20N6O2/c1-25-12-13-6-2-3-7-14(13)22-18(19)21-11-9-16-23-17(26-24-16)15-8-4-5-10-20-15/h2-8,10H,9,11-12H2,1H3,(H3,19,21,22). The van der Waals surface area contributed by atoms with E-state index in [1.54, 1.807) is 13.3 Å². The fourth-order valence-corrected chi connectivity index (χ4v) is 2.33. The van der Waals surface area contributed by atoms with Gasteiger partial charge >= 0.3 is 0 Å². The average molecular weight is 352 g/mol. The molecule has 0 unspecified atom stereocenters. The maximum atomic E-state index is 5.96. The minimum Gasteiger partial charge on any atom is -0.380 e. The van der Waals surface area contributed by atoms with Crippen LogP contribution in [0.15, 0.2) is 58.2 Å². The third-order valence-electron chi connectivity index (χ3n) is 3.55. The second-order valence-electron chi connectivity index (χ2n) is 5.46. The Hall–Kier alpha value is -3.26. The number of benzene rings is 1. The molecule has 0 saturated carbocycles. The van der Waals surface area contributed by atoms with Crippen LogP contribution in [0, 0.1) is 0 Å². The molecule has 2 aromatic heterocycles. The van der Waals surface area contributed by atoms with E-state index in [1.807, 2.05) is 42.5 Å². The fourth-order valence-electron chi connectivity index (χ4n) is 2.33. The number of hydrogen-bond donors (Lipinski definition) is 2. The van der Waals surface area contributed by atoms with E-state index in [4.69, 9.17) is 15.0 Å². The number of rotatable bonds is 7. The minimum atomic E-state index is 0.321. The van der Waals surface area contributed by atoms with Crippen molar-refractivity contribution in [2.24, 2.45) is 10.7 Å². The maximum absolute atomic E-state index is 5.96. The molecule has 3 aromatic rings. The van der Waals surface area contributed by atoms with Crippen molar-refractivity contribution >= 4 is 11.6 Å². The van der Waals surface area contributed by atoms with Crippen LogP contribution in [-0.2, 0) is 17.8 Å². The van der Waals surface area contributed by atoms with Crippen molar-refractivity contribution in [1.29, 1.82) is 0 Å². The molecule has 26 heavy (non-hydrogen) atoms. The molecule has 0 saturated heterocycles. The predicted molar refractivity (Wildman–Crippen MR) is 98.5 cm³/mol. The normalized spacial score (nSPS) is 11.5. The number of para-hydroxylation sites is 1. The van der Waals surface area contributed by atoms with E-state index in [0.717, 1.165) is 11.3 Å². The largest absolute Gasteiger partial charge is 0.380 e. The lowest BCUT2D eigenvalue weighted by atomic mass is 10.2. The van der Waals surface area contributed by atoms with E-state index in [9.17, 15) is 0 Å². The van der Waals surface area contributed by atoms with Crippen LogP contribution in [0.1, 0.15) is 11.4 Å². The second kappa shape index (κ2) is 8.72. The highest BCUT2D eigenvalue weighted by Crippen LogP contribution is 2.15. The first kappa shape index (κ1) is 17.6. The van der Waals surface area contributed by atoms with E-state index in [0.29, 0.717) is 42.9 Å². The van der Waals surface area contributed by atoms with Gasteiger partial charge in [0.25, 0.3) is 5.89 Å². The Kier molecular flexibility index (Phi) is 5.89. The molecule has 0 fully saturated rings. The number of pyridine rings is 1. The van der Waals surface area contributed by atoms with E-state index >= 15 is 0 Å². The smallest absolute Gasteiger partial charge is 0.276 e. The summed E-state index contributed by atoms with van der Waals surface area (Å²) in [4.78, 5) is 12.8. The van der Waals surface area contributed by atoms with Gasteiger partial charge in [-0.05, 0) is 18.2 Å². The molecule has 134 valence electrons. The maximum Gasteiger partial charge on any atom is 0.276 e. The zero-order valence-electron chi connectivity index (χ0n) is 14.4. The van der Waals surface area contributed by atoms with E-state index in [1.165, 1.54) is 0 Å². The number of nitrogens with one attached hydrogen (secondary N) is 1. The molecule has 0 spiro atoms. The summed E-state index contributed by atoms with van der Waals surface area (Å²) in [6, 6.07) is 13.3. The third kappa shape index (κ3) is 4.64. The predicted octanol–water partition coefficient (Wildman–Crippen LogP) is 2.25. The molecule has 0 radical (unpaired) electrons. The van der Waals surface area contributed by atoms with E-state index in [2.05, 4.69) is 25.4 Å². The van der Waals surface area contributed by atoms with Gasteiger partial charge in [-0.3, -0.25) is 9.98 Å². The summed E-state index contributed by atoms with van der Waals surface area (Å²) in [7, 11) is 1.65. The molecule has 2 heterocycles. The number of anilines is 1. The monoisotopic (exact) mass is 352 g/mol. The lowest BCUT2D eigenvalue weighted by Crippen LogP contribution is -2.24. The van der Waals surface area contributed by atoms with Gasteiger partial charge in [-0.15, -0.1) is 0 Å². The third-order valence-corrected chi connectivity index (χ3v) is 3.55. The summed E-state index contributed by atoms with van der Waals surface area (Å²) in [5.41, 5.74) is 8.47. The Morgan fingerprint density at radius 3 is 2.88 bits per heavy atom. The van der Waals surface area contributed by atoms with Gasteiger partial charge < -0.3 is 20.3 Å². The van der Waals surface area contributed by atoms with Crippen molar-refractivity contribution in [3.05, 3.63) is 60.0 Å². The second-order valence-corrected chi connectivity index (χ2v) is 5.46. The first-order valence-corrected chi connectivity index (χ1v) is 8.14. The van der Waals surface area contributed by atoms with Crippen LogP contribution in [-0.4, -0.2) is 34.7 Å². The SMILES string of the molecule is COCc1ccccc1NC(N)=NCCc1noc(-c2ccccn2)n1. The van der Waals surface area contributed by atoms with Gasteiger partial charge in [0.1, 0.15) is 5.69 Å². The Balaban J connectivity index is 1.56. The topological polar surface area (TPSA) is 111 Å². The molecule has 0 aliphatic carbocycles. The van der Waals surface area contributed by atoms with Crippen LogP contribution in [0.3, 0.4) is 0 Å². The molecule has 8 nitrogen and oxygen atoms in total. The first-order chi connectivity index (χ1) is 12.8. The Morgan fingerprint density at radius 1 is 1.23 bits per heavy atom. The lowest BCUT2D eigenvalue weighted by molar-refractivity contribution is 0.185. The number of methoxy groups -OCH3 is 1. The summed E-state index contributed by atoms with van der Waals surface area (Å²) < 4.78 is 10.4. The summed E-state index contributed by atoms with van der Waals surface area (Å²) >= 11 is 0. The number of nitrogens with two attached hydrogens (primary N) is 1. The molecule has 0 aliphatic heterocycles. The molecule has 0 atom stereocenters. The van der Waals surface area contributed by atoms with Crippen LogP contribution in [0.25, 0.3) is 11.6 Å². The quantitative estimate of drug-likeness (QED) is 0.495. The van der Waals surface area contributed by atoms with Crippen LogP contribution < -0.4 is 11.1 Å². The highest BCUT2D eigenvalue weighted by molar-refractivity contribution is 5.92. The van der Waals surface area contributed by atoms with Gasteiger partial charge in [-0.1, -0.05) is 29.4 Å². The van der Waals surface area contributed by atoms with Crippen molar-refractivity contribution < 1.29 is 9.26 Å². The molecular weight excluding hydrogens is 332 g/mol. The molecule has 0 bridgehead atoms. The Morgan fingerprint density at radius 2 is 2.08 bits per heavy atom. The molecule has 3 rings (SSSR count). The summed E-state index contributed by atoms with van der Waals surface area (Å²) in [5.74, 6) is 1.27. The van der Waals surface area contributed by atoms with Gasteiger partial charge in [0.2, 0.25) is 0 Å². The van der Waals surface area contributed by atoms with Gasteiger partial charge in [0.05, 0.1) is 6.61 Å². The van der Waals surface area contributed by atoms with Crippen molar-refractivity contribution in [2.75, 3.05) is 19.0 Å². The number of aromatic nitrogens is 3. The molecule has 0 aliphatic rings. The van der Waals surface area contributed by atoms with E-state index in [-0.39, 0.29) is 0 Å². The lowest BCUT2D eigenvalue weighted by Gasteiger charge is -2.10. The first-order valence-electron chi connectivity index (χ1n) is 8.14. The van der Waals surface area contributed by atoms with Gasteiger partial charge in [0, 0.05) is 37.5 Å². The van der Waals surface area contributed by atoms with Crippen LogP contribution >= 0.6 is 0 Å². The Bertz CT molecular complexity index is 863. The van der Waals surface area contributed by atoms with Gasteiger partial charge in [-0.2, -0.15) is 4.98 Å². The zero-order valence-corrected chi connectivity index (χ0v) is 14.4. The molecule has 3 N–H and O–H groups in total. The number of nitrogens with zero attached hydrogens (tertiary/aromatic N) is 4. The zero-order chi connectivity index (χ0) is 18.2. The van der Waals surface area contributed by atoms with Crippen molar-refractivity contribution in [2.45, 2.75) is 13.0 Å². The molecule has 0 amide bonds. The van der Waals surface area contributed by atoms with Crippen LogP contribution in [0.4, 0.5) is 5.69 Å². The number of hydrogen-bond acceptors (Lipinski definition) is 6.